The highest BCUT2D eigenvalue weighted by molar-refractivity contribution is 5.63. The first-order valence-corrected chi connectivity index (χ1v) is 12.2. The number of aromatic nitrogens is 3. The molecule has 0 unspecified atom stereocenters. The first-order chi connectivity index (χ1) is 16.6. The summed E-state index contributed by atoms with van der Waals surface area (Å²) >= 11 is 0. The molecule has 0 amide bonds. The second-order valence-electron chi connectivity index (χ2n) is 9.12. The fourth-order valence-corrected chi connectivity index (χ4v) is 4.40. The maximum absolute atomic E-state index is 5.93. The number of pyridine rings is 1. The van der Waals surface area contributed by atoms with Gasteiger partial charge in [0.1, 0.15) is 18.1 Å². The molecule has 2 aromatic heterocycles. The third-order valence-corrected chi connectivity index (χ3v) is 6.09. The Bertz CT molecular complexity index is 1210. The molecule has 3 heterocycles. The van der Waals surface area contributed by atoms with Crippen LogP contribution in [-0.4, -0.2) is 51.8 Å². The van der Waals surface area contributed by atoms with Crippen molar-refractivity contribution in [1.82, 2.24) is 19.5 Å². The summed E-state index contributed by atoms with van der Waals surface area (Å²) in [6, 6.07) is 22.5. The molecule has 5 rings (SSSR count). The standard InChI is InChI=1S/C28H32N4O2/c1-21(2)34-25-14-10-23(11-15-25)26-6-5-7-28-29-27(30-32(26)28)20-22-8-12-24(13-9-22)33-19-18-31-16-3-4-17-31/h5-15,21H,3-4,16-20H2,1-2H3. The zero-order valence-corrected chi connectivity index (χ0v) is 20.0. The van der Waals surface area contributed by atoms with Gasteiger partial charge >= 0.3 is 0 Å². The minimum absolute atomic E-state index is 0.155. The van der Waals surface area contributed by atoms with E-state index in [9.17, 15) is 0 Å². The van der Waals surface area contributed by atoms with Crippen molar-refractivity contribution < 1.29 is 9.47 Å². The van der Waals surface area contributed by atoms with E-state index < -0.39 is 0 Å². The second kappa shape index (κ2) is 10.3. The largest absolute Gasteiger partial charge is 0.492 e. The average Bonchev–Trinajstić information content (AvgIpc) is 3.50. The van der Waals surface area contributed by atoms with E-state index in [0.717, 1.165) is 47.4 Å². The summed E-state index contributed by atoms with van der Waals surface area (Å²) in [6.07, 6.45) is 3.46. The molecule has 1 saturated heterocycles. The van der Waals surface area contributed by atoms with Crippen LogP contribution in [-0.2, 0) is 6.42 Å². The van der Waals surface area contributed by atoms with E-state index in [1.54, 1.807) is 0 Å². The van der Waals surface area contributed by atoms with Crippen LogP contribution in [0.5, 0.6) is 11.5 Å². The lowest BCUT2D eigenvalue weighted by molar-refractivity contribution is 0.238. The molecule has 176 valence electrons. The van der Waals surface area contributed by atoms with Crippen LogP contribution in [0.25, 0.3) is 16.9 Å². The van der Waals surface area contributed by atoms with E-state index in [1.165, 1.54) is 31.5 Å². The first kappa shape index (κ1) is 22.4. The van der Waals surface area contributed by atoms with Crippen molar-refractivity contribution in [2.75, 3.05) is 26.2 Å². The first-order valence-electron chi connectivity index (χ1n) is 12.2. The van der Waals surface area contributed by atoms with Crippen LogP contribution in [0.3, 0.4) is 0 Å². The Labute approximate surface area is 201 Å². The molecule has 6 heteroatoms. The van der Waals surface area contributed by atoms with Gasteiger partial charge in [-0.15, -0.1) is 0 Å². The summed E-state index contributed by atoms with van der Waals surface area (Å²) in [4.78, 5) is 7.22. The predicted molar refractivity (Wildman–Crippen MR) is 135 cm³/mol. The van der Waals surface area contributed by atoms with Gasteiger partial charge in [-0.1, -0.05) is 18.2 Å². The van der Waals surface area contributed by atoms with Crippen molar-refractivity contribution in [2.24, 2.45) is 0 Å². The van der Waals surface area contributed by atoms with E-state index >= 15 is 0 Å². The fourth-order valence-electron chi connectivity index (χ4n) is 4.40. The summed E-state index contributed by atoms with van der Waals surface area (Å²) in [7, 11) is 0. The van der Waals surface area contributed by atoms with Gasteiger partial charge in [-0.3, -0.25) is 4.90 Å². The molecule has 0 aliphatic carbocycles. The summed E-state index contributed by atoms with van der Waals surface area (Å²) in [5, 5.41) is 4.81. The molecule has 0 radical (unpaired) electrons. The number of benzene rings is 2. The van der Waals surface area contributed by atoms with Crippen LogP contribution >= 0.6 is 0 Å². The maximum atomic E-state index is 5.93. The minimum atomic E-state index is 0.155. The van der Waals surface area contributed by atoms with Gasteiger partial charge in [-0.05, 0) is 93.9 Å². The number of fused-ring (bicyclic) bond motifs is 1. The third kappa shape index (κ3) is 5.39. The molecule has 0 bridgehead atoms. The van der Waals surface area contributed by atoms with Crippen molar-refractivity contribution >= 4 is 5.65 Å². The number of likely N-dealkylation sites (tertiary alicyclic amines) is 1. The molecule has 6 nitrogen and oxygen atoms in total. The Morgan fingerprint density at radius 2 is 1.62 bits per heavy atom. The van der Waals surface area contributed by atoms with Gasteiger partial charge in [-0.2, -0.15) is 5.10 Å². The quantitative estimate of drug-likeness (QED) is 0.344. The molecule has 2 aromatic carbocycles. The summed E-state index contributed by atoms with van der Waals surface area (Å²) in [5.41, 5.74) is 4.10. The van der Waals surface area contributed by atoms with Gasteiger partial charge < -0.3 is 9.47 Å². The number of hydrogen-bond acceptors (Lipinski definition) is 5. The molecule has 1 aliphatic heterocycles. The van der Waals surface area contributed by atoms with Crippen LogP contribution in [0.2, 0.25) is 0 Å². The molecule has 0 spiro atoms. The Morgan fingerprint density at radius 3 is 2.35 bits per heavy atom. The molecule has 4 aromatic rings. The average molecular weight is 457 g/mol. The summed E-state index contributed by atoms with van der Waals surface area (Å²) in [5.74, 6) is 2.58. The second-order valence-corrected chi connectivity index (χ2v) is 9.12. The van der Waals surface area contributed by atoms with Crippen molar-refractivity contribution in [3.63, 3.8) is 0 Å². The monoisotopic (exact) mass is 456 g/mol. The van der Waals surface area contributed by atoms with Crippen LogP contribution in [0, 0.1) is 0 Å². The summed E-state index contributed by atoms with van der Waals surface area (Å²) < 4.78 is 13.6. The van der Waals surface area contributed by atoms with Crippen molar-refractivity contribution in [1.29, 1.82) is 0 Å². The SMILES string of the molecule is CC(C)Oc1ccc(-c2cccc3nc(Cc4ccc(OCCN5CCCC5)cc4)nn23)cc1. The molecular formula is C28H32N4O2. The topological polar surface area (TPSA) is 51.9 Å². The zero-order chi connectivity index (χ0) is 23.3. The lowest BCUT2D eigenvalue weighted by atomic mass is 10.1. The number of rotatable bonds is 9. The van der Waals surface area contributed by atoms with Crippen LogP contribution in [0.4, 0.5) is 0 Å². The van der Waals surface area contributed by atoms with Crippen LogP contribution in [0.15, 0.2) is 66.7 Å². The Morgan fingerprint density at radius 1 is 0.882 bits per heavy atom. The predicted octanol–water partition coefficient (Wildman–Crippen LogP) is 5.25. The van der Waals surface area contributed by atoms with Crippen molar-refractivity contribution in [3.8, 4) is 22.8 Å². The highest BCUT2D eigenvalue weighted by Gasteiger charge is 2.12. The van der Waals surface area contributed by atoms with E-state index in [2.05, 4.69) is 35.2 Å². The Balaban J connectivity index is 1.25. The highest BCUT2D eigenvalue weighted by Crippen LogP contribution is 2.24. The van der Waals surface area contributed by atoms with Gasteiger partial charge in [0.25, 0.3) is 0 Å². The molecular weight excluding hydrogens is 424 g/mol. The lowest BCUT2D eigenvalue weighted by Gasteiger charge is -2.14. The maximum Gasteiger partial charge on any atom is 0.156 e. The zero-order valence-electron chi connectivity index (χ0n) is 20.0. The molecule has 0 saturated carbocycles. The van der Waals surface area contributed by atoms with Crippen molar-refractivity contribution in [3.05, 3.63) is 78.1 Å². The van der Waals surface area contributed by atoms with Gasteiger partial charge in [0.15, 0.2) is 11.5 Å². The third-order valence-electron chi connectivity index (χ3n) is 6.09. The Kier molecular flexibility index (Phi) is 6.77. The molecule has 34 heavy (non-hydrogen) atoms. The molecule has 1 aliphatic rings. The normalized spacial score (nSPS) is 14.2. The molecule has 1 fully saturated rings. The van der Waals surface area contributed by atoms with Gasteiger partial charge in [-0.25, -0.2) is 9.50 Å². The highest BCUT2D eigenvalue weighted by atomic mass is 16.5. The van der Waals surface area contributed by atoms with Crippen LogP contribution in [0.1, 0.15) is 38.1 Å². The van der Waals surface area contributed by atoms with E-state index in [0.29, 0.717) is 6.42 Å². The van der Waals surface area contributed by atoms with E-state index in [1.807, 2.05) is 54.8 Å². The molecule has 0 N–H and O–H groups in total. The van der Waals surface area contributed by atoms with E-state index in [4.69, 9.17) is 19.6 Å². The molecule has 0 atom stereocenters. The van der Waals surface area contributed by atoms with Crippen LogP contribution < -0.4 is 9.47 Å². The number of ether oxygens (including phenoxy) is 2. The smallest absolute Gasteiger partial charge is 0.156 e. The number of nitrogens with zero attached hydrogens (tertiary/aromatic N) is 4. The van der Waals surface area contributed by atoms with Gasteiger partial charge in [0.05, 0.1) is 11.8 Å². The lowest BCUT2D eigenvalue weighted by Crippen LogP contribution is -2.25. The summed E-state index contributed by atoms with van der Waals surface area (Å²) in [6.45, 7) is 8.20. The number of hydrogen-bond donors (Lipinski definition) is 0. The van der Waals surface area contributed by atoms with E-state index in [-0.39, 0.29) is 6.10 Å². The van der Waals surface area contributed by atoms with Gasteiger partial charge in [0.2, 0.25) is 0 Å². The Hall–Kier alpha value is -3.38. The van der Waals surface area contributed by atoms with Gasteiger partial charge in [0, 0.05) is 18.5 Å². The fraction of sp³-hybridized carbons (Fsp3) is 0.357. The minimum Gasteiger partial charge on any atom is -0.492 e. The van der Waals surface area contributed by atoms with Crippen molar-refractivity contribution in [2.45, 2.75) is 39.2 Å².